The number of carbonyl (C=O) groups excluding carboxylic acids is 1. The molecular weight excluding hydrogens is 280 g/mol. The first-order chi connectivity index (χ1) is 10.6. The lowest BCUT2D eigenvalue weighted by molar-refractivity contribution is 0.0951. The van der Waals surface area contributed by atoms with Crippen molar-refractivity contribution in [1.82, 2.24) is 10.5 Å². The topological polar surface area (TPSA) is 64.4 Å². The highest BCUT2D eigenvalue weighted by Gasteiger charge is 2.18. The molecular formula is C17H22N2O3. The Bertz CT molecular complexity index is 662. The Hall–Kier alpha value is -2.30. The second kappa shape index (κ2) is 7.11. The van der Waals surface area contributed by atoms with E-state index in [1.165, 1.54) is 5.56 Å². The highest BCUT2D eigenvalue weighted by Crippen LogP contribution is 2.20. The minimum atomic E-state index is -0.137. The number of nitrogens with zero attached hydrogens (tertiary/aromatic N) is 1. The molecule has 5 heteroatoms. The average Bonchev–Trinajstić information content (AvgIpc) is 2.88. The van der Waals surface area contributed by atoms with Crippen LogP contribution in [0, 0.1) is 13.8 Å². The monoisotopic (exact) mass is 302 g/mol. The second-order valence-electron chi connectivity index (χ2n) is 5.24. The van der Waals surface area contributed by atoms with Gasteiger partial charge in [0.25, 0.3) is 5.91 Å². The van der Waals surface area contributed by atoms with E-state index in [1.54, 1.807) is 14.0 Å². The third-order valence-electron chi connectivity index (χ3n) is 3.61. The molecule has 2 aromatic rings. The molecule has 2 rings (SSSR count). The highest BCUT2D eigenvalue weighted by atomic mass is 16.5. The summed E-state index contributed by atoms with van der Waals surface area (Å²) >= 11 is 0. The van der Waals surface area contributed by atoms with Crippen LogP contribution < -0.4 is 10.1 Å². The van der Waals surface area contributed by atoms with Crippen molar-refractivity contribution >= 4 is 5.91 Å². The van der Waals surface area contributed by atoms with Crippen LogP contribution in [-0.4, -0.2) is 24.7 Å². The summed E-state index contributed by atoms with van der Waals surface area (Å²) in [6.45, 7) is 6.28. The number of hydrogen-bond donors (Lipinski definition) is 1. The Morgan fingerprint density at radius 2 is 2.14 bits per heavy atom. The van der Waals surface area contributed by atoms with Crippen molar-refractivity contribution in [3.63, 3.8) is 0 Å². The van der Waals surface area contributed by atoms with Crippen LogP contribution in [0.5, 0.6) is 5.75 Å². The van der Waals surface area contributed by atoms with Gasteiger partial charge in [-0.2, -0.15) is 0 Å². The molecule has 0 radical (unpaired) electrons. The molecule has 5 nitrogen and oxygen atoms in total. The number of aromatic nitrogens is 1. The Morgan fingerprint density at radius 3 is 2.82 bits per heavy atom. The van der Waals surface area contributed by atoms with Crippen molar-refractivity contribution in [3.05, 3.63) is 46.3 Å². The molecule has 0 saturated carbocycles. The SMILES string of the molecule is CCc1noc(C)c1C(=O)NCCc1cc(C)ccc1OC. The summed E-state index contributed by atoms with van der Waals surface area (Å²) in [5, 5.41) is 6.83. The normalized spacial score (nSPS) is 10.5. The third-order valence-corrected chi connectivity index (χ3v) is 3.61. The minimum absolute atomic E-state index is 0.137. The van der Waals surface area contributed by atoms with Crippen molar-refractivity contribution in [2.24, 2.45) is 0 Å². The molecule has 1 amide bonds. The number of carbonyl (C=O) groups is 1. The number of ether oxygens (including phenoxy) is 1. The fraction of sp³-hybridized carbons (Fsp3) is 0.412. The second-order valence-corrected chi connectivity index (χ2v) is 5.24. The van der Waals surface area contributed by atoms with Gasteiger partial charge in [-0.25, -0.2) is 0 Å². The van der Waals surface area contributed by atoms with Crippen LogP contribution in [0.2, 0.25) is 0 Å². The average molecular weight is 302 g/mol. The minimum Gasteiger partial charge on any atom is -0.496 e. The zero-order chi connectivity index (χ0) is 16.1. The zero-order valence-electron chi connectivity index (χ0n) is 13.5. The Kier molecular flexibility index (Phi) is 5.20. The molecule has 0 bridgehead atoms. The molecule has 0 aliphatic carbocycles. The fourth-order valence-corrected chi connectivity index (χ4v) is 2.45. The zero-order valence-corrected chi connectivity index (χ0v) is 13.5. The van der Waals surface area contributed by atoms with E-state index in [-0.39, 0.29) is 5.91 Å². The Balaban J connectivity index is 2.00. The maximum absolute atomic E-state index is 12.3. The molecule has 0 spiro atoms. The van der Waals surface area contributed by atoms with Gasteiger partial charge in [0, 0.05) is 6.54 Å². The smallest absolute Gasteiger partial charge is 0.256 e. The summed E-state index contributed by atoms with van der Waals surface area (Å²) in [6, 6.07) is 6.04. The van der Waals surface area contributed by atoms with E-state index in [0.717, 1.165) is 11.3 Å². The van der Waals surface area contributed by atoms with E-state index >= 15 is 0 Å². The molecule has 1 aromatic carbocycles. The number of methoxy groups -OCH3 is 1. The molecule has 0 aliphatic heterocycles. The number of amides is 1. The van der Waals surface area contributed by atoms with Crippen LogP contribution >= 0.6 is 0 Å². The van der Waals surface area contributed by atoms with Crippen LogP contribution in [0.15, 0.2) is 22.7 Å². The molecule has 1 N–H and O–H groups in total. The Morgan fingerprint density at radius 1 is 1.36 bits per heavy atom. The van der Waals surface area contributed by atoms with E-state index in [9.17, 15) is 4.79 Å². The van der Waals surface area contributed by atoms with E-state index in [2.05, 4.69) is 16.5 Å². The molecule has 1 heterocycles. The number of rotatable bonds is 6. The van der Waals surface area contributed by atoms with Crippen molar-refractivity contribution in [2.75, 3.05) is 13.7 Å². The van der Waals surface area contributed by atoms with Crippen molar-refractivity contribution in [2.45, 2.75) is 33.6 Å². The first-order valence-electron chi connectivity index (χ1n) is 7.43. The quantitative estimate of drug-likeness (QED) is 0.891. The first kappa shape index (κ1) is 16.1. The van der Waals surface area contributed by atoms with Crippen molar-refractivity contribution in [1.29, 1.82) is 0 Å². The lowest BCUT2D eigenvalue weighted by atomic mass is 10.1. The van der Waals surface area contributed by atoms with Crippen LogP contribution in [0.3, 0.4) is 0 Å². The number of benzene rings is 1. The van der Waals surface area contributed by atoms with Crippen LogP contribution in [0.25, 0.3) is 0 Å². The van der Waals surface area contributed by atoms with Crippen LogP contribution in [-0.2, 0) is 12.8 Å². The van der Waals surface area contributed by atoms with Gasteiger partial charge >= 0.3 is 0 Å². The molecule has 118 valence electrons. The molecule has 1 aromatic heterocycles. The van der Waals surface area contributed by atoms with Gasteiger partial charge in [-0.1, -0.05) is 29.8 Å². The van der Waals surface area contributed by atoms with Crippen LogP contribution in [0.1, 0.15) is 39.9 Å². The third kappa shape index (κ3) is 3.47. The predicted molar refractivity (Wildman–Crippen MR) is 84.4 cm³/mol. The standard InChI is InChI=1S/C17H22N2O3/c1-5-14-16(12(3)22-19-14)17(20)18-9-8-13-10-11(2)6-7-15(13)21-4/h6-7,10H,5,8-9H2,1-4H3,(H,18,20). The summed E-state index contributed by atoms with van der Waals surface area (Å²) in [7, 11) is 1.65. The highest BCUT2D eigenvalue weighted by molar-refractivity contribution is 5.96. The summed E-state index contributed by atoms with van der Waals surface area (Å²) in [5.74, 6) is 1.26. The molecule has 22 heavy (non-hydrogen) atoms. The Labute approximate surface area is 130 Å². The van der Waals surface area contributed by atoms with E-state index in [1.807, 2.05) is 26.0 Å². The van der Waals surface area contributed by atoms with Gasteiger partial charge in [0.15, 0.2) is 0 Å². The maximum atomic E-state index is 12.3. The summed E-state index contributed by atoms with van der Waals surface area (Å²) in [6.07, 6.45) is 1.38. The first-order valence-corrected chi connectivity index (χ1v) is 7.43. The van der Waals surface area contributed by atoms with Crippen LogP contribution in [0.4, 0.5) is 0 Å². The molecule has 0 fully saturated rings. The van der Waals surface area contributed by atoms with Gasteiger partial charge in [0.05, 0.1) is 12.8 Å². The molecule has 0 atom stereocenters. The number of hydrogen-bond acceptors (Lipinski definition) is 4. The molecule has 0 unspecified atom stereocenters. The summed E-state index contributed by atoms with van der Waals surface area (Å²) in [5.41, 5.74) is 3.51. The van der Waals surface area contributed by atoms with Gasteiger partial charge in [-0.3, -0.25) is 4.79 Å². The van der Waals surface area contributed by atoms with E-state index in [4.69, 9.17) is 9.26 Å². The largest absolute Gasteiger partial charge is 0.496 e. The van der Waals surface area contributed by atoms with Crippen molar-refractivity contribution in [3.8, 4) is 5.75 Å². The van der Waals surface area contributed by atoms with Gasteiger partial charge in [0.2, 0.25) is 0 Å². The predicted octanol–water partition coefficient (Wildman–Crippen LogP) is 2.83. The lowest BCUT2D eigenvalue weighted by Crippen LogP contribution is -2.27. The van der Waals surface area contributed by atoms with E-state index < -0.39 is 0 Å². The summed E-state index contributed by atoms with van der Waals surface area (Å²) < 4.78 is 10.4. The van der Waals surface area contributed by atoms with Crippen molar-refractivity contribution < 1.29 is 14.1 Å². The number of nitrogens with one attached hydrogen (secondary N) is 1. The lowest BCUT2D eigenvalue weighted by Gasteiger charge is -2.10. The van der Waals surface area contributed by atoms with Gasteiger partial charge in [-0.15, -0.1) is 0 Å². The van der Waals surface area contributed by atoms with Gasteiger partial charge in [-0.05, 0) is 38.3 Å². The maximum Gasteiger partial charge on any atom is 0.256 e. The summed E-state index contributed by atoms with van der Waals surface area (Å²) in [4.78, 5) is 12.3. The fourth-order valence-electron chi connectivity index (χ4n) is 2.45. The molecule has 0 saturated heterocycles. The number of aryl methyl sites for hydroxylation is 3. The molecule has 0 aliphatic rings. The van der Waals surface area contributed by atoms with Gasteiger partial charge in [0.1, 0.15) is 17.1 Å². The van der Waals surface area contributed by atoms with Gasteiger partial charge < -0.3 is 14.6 Å². The van der Waals surface area contributed by atoms with E-state index in [0.29, 0.717) is 36.4 Å².